The van der Waals surface area contributed by atoms with Gasteiger partial charge in [0.2, 0.25) is 0 Å². The summed E-state index contributed by atoms with van der Waals surface area (Å²) in [6.45, 7) is 1.17. The summed E-state index contributed by atoms with van der Waals surface area (Å²) in [5, 5.41) is 10.4. The van der Waals surface area contributed by atoms with Gasteiger partial charge in [0.15, 0.2) is 18.2 Å². The van der Waals surface area contributed by atoms with Gasteiger partial charge in [0.25, 0.3) is 5.91 Å². The van der Waals surface area contributed by atoms with Crippen molar-refractivity contribution in [2.75, 3.05) is 6.61 Å². The molecule has 2 heterocycles. The maximum Gasteiger partial charge on any atom is 0.338 e. The lowest BCUT2D eigenvalue weighted by atomic mass is 10.1. The second-order valence-electron chi connectivity index (χ2n) is 6.49. The monoisotopic (exact) mass is 403 g/mol. The first kappa shape index (κ1) is 20.5. The second kappa shape index (κ2) is 8.84. The Kier molecular flexibility index (Phi) is 6.25. The van der Waals surface area contributed by atoms with E-state index in [0.717, 1.165) is 0 Å². The van der Waals surface area contributed by atoms with Crippen LogP contribution < -0.4 is 5.73 Å². The van der Waals surface area contributed by atoms with Gasteiger partial charge in [-0.15, -0.1) is 0 Å². The van der Waals surface area contributed by atoms with Crippen molar-refractivity contribution < 1.29 is 33.7 Å². The standard InChI is InChI=1S/C19H21N3O7/c1-11(23)28-14-9-13(10-27-19(26)12-5-3-2-4-6-12)29-18(14)22-8-7-21-15(16(20)24)17(22)25/h2-8,13-14,17-18,25H,9-10H2,1H3,(H2,20,24)/t13-,14+,17?,18+/m0/s1. The largest absolute Gasteiger partial charge is 0.459 e. The van der Waals surface area contributed by atoms with Crippen LogP contribution in [0.25, 0.3) is 0 Å². The minimum atomic E-state index is -1.47. The molecule has 2 aliphatic rings. The van der Waals surface area contributed by atoms with Crippen LogP contribution in [0.1, 0.15) is 23.7 Å². The van der Waals surface area contributed by atoms with Gasteiger partial charge in [0.1, 0.15) is 12.7 Å². The molecule has 1 unspecified atom stereocenters. The minimum Gasteiger partial charge on any atom is -0.459 e. The first-order valence-corrected chi connectivity index (χ1v) is 8.91. The highest BCUT2D eigenvalue weighted by Gasteiger charge is 2.44. The van der Waals surface area contributed by atoms with Gasteiger partial charge in [-0.05, 0) is 12.1 Å². The maximum atomic E-state index is 12.1. The van der Waals surface area contributed by atoms with Crippen molar-refractivity contribution in [1.29, 1.82) is 0 Å². The molecular formula is C19H21N3O7. The molecule has 1 fully saturated rings. The number of carbonyl (C=O) groups excluding carboxylic acids is 3. The third-order valence-electron chi connectivity index (χ3n) is 4.40. The van der Waals surface area contributed by atoms with Gasteiger partial charge in [0.05, 0.1) is 11.7 Å². The van der Waals surface area contributed by atoms with Gasteiger partial charge >= 0.3 is 11.9 Å². The Morgan fingerprint density at radius 1 is 1.31 bits per heavy atom. The van der Waals surface area contributed by atoms with E-state index in [1.807, 2.05) is 0 Å². The normalized spacial score (nSPS) is 26.0. The Hall–Kier alpha value is -3.24. The van der Waals surface area contributed by atoms with Crippen molar-refractivity contribution in [2.45, 2.75) is 38.0 Å². The van der Waals surface area contributed by atoms with Crippen molar-refractivity contribution in [3.05, 3.63) is 48.3 Å². The SMILES string of the molecule is CC(=O)O[C@@H]1C[C@@H](COC(=O)c2ccccc2)O[C@H]1N1C=CN=C(C(N)=O)C1O. The summed E-state index contributed by atoms with van der Waals surface area (Å²) in [6.07, 6.45) is -0.832. The predicted molar refractivity (Wildman–Crippen MR) is 99.2 cm³/mol. The number of benzene rings is 1. The van der Waals surface area contributed by atoms with Crippen LogP contribution in [-0.4, -0.2) is 64.8 Å². The van der Waals surface area contributed by atoms with Gasteiger partial charge < -0.3 is 30.0 Å². The molecule has 1 aromatic rings. The number of primary amides is 1. The van der Waals surface area contributed by atoms with E-state index in [9.17, 15) is 19.5 Å². The Morgan fingerprint density at radius 2 is 2.03 bits per heavy atom. The lowest BCUT2D eigenvalue weighted by Gasteiger charge is -2.35. The van der Waals surface area contributed by atoms with E-state index >= 15 is 0 Å². The maximum absolute atomic E-state index is 12.1. The summed E-state index contributed by atoms with van der Waals surface area (Å²) in [4.78, 5) is 40.1. The zero-order valence-electron chi connectivity index (χ0n) is 15.6. The fourth-order valence-electron chi connectivity index (χ4n) is 3.13. The summed E-state index contributed by atoms with van der Waals surface area (Å²) < 4.78 is 16.4. The molecule has 2 aliphatic heterocycles. The first-order valence-electron chi connectivity index (χ1n) is 8.91. The van der Waals surface area contributed by atoms with Crippen molar-refractivity contribution in [1.82, 2.24) is 4.90 Å². The summed E-state index contributed by atoms with van der Waals surface area (Å²) in [5.41, 5.74) is 5.35. The molecule has 10 nitrogen and oxygen atoms in total. The van der Waals surface area contributed by atoms with Crippen LogP contribution in [0.2, 0.25) is 0 Å². The summed E-state index contributed by atoms with van der Waals surface area (Å²) in [5.74, 6) is -1.94. The van der Waals surface area contributed by atoms with Crippen molar-refractivity contribution in [3.8, 4) is 0 Å². The summed E-state index contributed by atoms with van der Waals surface area (Å²) in [7, 11) is 0. The third-order valence-corrected chi connectivity index (χ3v) is 4.40. The molecule has 10 heteroatoms. The number of carbonyl (C=O) groups is 3. The number of hydrogen-bond donors (Lipinski definition) is 2. The minimum absolute atomic E-state index is 0.0770. The zero-order chi connectivity index (χ0) is 21.0. The average Bonchev–Trinajstić information content (AvgIpc) is 3.08. The number of nitrogens with zero attached hydrogens (tertiary/aromatic N) is 2. The van der Waals surface area contributed by atoms with E-state index in [-0.39, 0.29) is 18.7 Å². The van der Waals surface area contributed by atoms with Crippen molar-refractivity contribution >= 4 is 23.6 Å². The van der Waals surface area contributed by atoms with E-state index < -0.39 is 42.5 Å². The number of aliphatic imine (C=N–C) groups is 1. The summed E-state index contributed by atoms with van der Waals surface area (Å²) in [6, 6.07) is 8.48. The van der Waals surface area contributed by atoms with E-state index in [4.69, 9.17) is 19.9 Å². The molecule has 0 spiro atoms. The molecule has 3 rings (SSSR count). The number of aliphatic hydroxyl groups is 1. The fraction of sp³-hybridized carbons (Fsp3) is 0.368. The third kappa shape index (κ3) is 4.79. The molecule has 0 aromatic heterocycles. The zero-order valence-corrected chi connectivity index (χ0v) is 15.6. The Bertz CT molecular complexity index is 839. The van der Waals surface area contributed by atoms with Crippen LogP contribution in [0.3, 0.4) is 0 Å². The number of nitrogens with two attached hydrogens (primary N) is 1. The molecule has 4 atom stereocenters. The Balaban J connectivity index is 1.68. The van der Waals surface area contributed by atoms with Crippen LogP contribution in [0.4, 0.5) is 0 Å². The predicted octanol–water partition coefficient (Wildman–Crippen LogP) is -0.0784. The molecule has 3 N–H and O–H groups in total. The van der Waals surface area contributed by atoms with Gasteiger partial charge in [0, 0.05) is 25.7 Å². The summed E-state index contributed by atoms with van der Waals surface area (Å²) >= 11 is 0. The highest BCUT2D eigenvalue weighted by atomic mass is 16.6. The van der Waals surface area contributed by atoms with Crippen molar-refractivity contribution in [3.63, 3.8) is 0 Å². The first-order chi connectivity index (χ1) is 13.9. The fourth-order valence-corrected chi connectivity index (χ4v) is 3.13. The van der Waals surface area contributed by atoms with E-state index in [1.54, 1.807) is 30.3 Å². The Labute approximate surface area is 166 Å². The van der Waals surface area contributed by atoms with E-state index in [1.165, 1.54) is 24.2 Å². The number of rotatable bonds is 6. The van der Waals surface area contributed by atoms with Crippen LogP contribution in [0.15, 0.2) is 47.7 Å². The van der Waals surface area contributed by atoms with Crippen molar-refractivity contribution in [2.24, 2.45) is 10.7 Å². The molecule has 154 valence electrons. The van der Waals surface area contributed by atoms with Crippen LogP contribution >= 0.6 is 0 Å². The van der Waals surface area contributed by atoms with E-state index in [0.29, 0.717) is 5.56 Å². The quantitative estimate of drug-likeness (QED) is 0.629. The molecule has 0 radical (unpaired) electrons. The highest BCUT2D eigenvalue weighted by molar-refractivity contribution is 6.40. The molecule has 1 saturated heterocycles. The topological polar surface area (TPSA) is 141 Å². The van der Waals surface area contributed by atoms with Gasteiger partial charge in [-0.1, -0.05) is 18.2 Å². The average molecular weight is 403 g/mol. The molecule has 0 saturated carbocycles. The van der Waals surface area contributed by atoms with Crippen LogP contribution in [0, 0.1) is 0 Å². The molecular weight excluding hydrogens is 382 g/mol. The number of amides is 1. The van der Waals surface area contributed by atoms with Gasteiger partial charge in [-0.25, -0.2) is 9.79 Å². The lowest BCUT2D eigenvalue weighted by molar-refractivity contribution is -0.161. The van der Waals surface area contributed by atoms with Crippen LogP contribution in [-0.2, 0) is 23.8 Å². The molecule has 1 aromatic carbocycles. The number of hydrogen-bond acceptors (Lipinski definition) is 9. The second-order valence-corrected chi connectivity index (χ2v) is 6.49. The highest BCUT2D eigenvalue weighted by Crippen LogP contribution is 2.29. The lowest BCUT2D eigenvalue weighted by Crippen LogP contribution is -2.52. The smallest absolute Gasteiger partial charge is 0.338 e. The van der Waals surface area contributed by atoms with Gasteiger partial charge in [-0.2, -0.15) is 0 Å². The number of ether oxygens (including phenoxy) is 3. The van der Waals surface area contributed by atoms with Crippen LogP contribution in [0.5, 0.6) is 0 Å². The molecule has 0 bridgehead atoms. The molecule has 29 heavy (non-hydrogen) atoms. The molecule has 0 aliphatic carbocycles. The van der Waals surface area contributed by atoms with E-state index in [2.05, 4.69) is 4.99 Å². The Morgan fingerprint density at radius 3 is 2.69 bits per heavy atom. The number of esters is 2. The molecule has 1 amide bonds. The number of aliphatic hydroxyl groups excluding tert-OH is 1. The van der Waals surface area contributed by atoms with Gasteiger partial charge in [-0.3, -0.25) is 9.59 Å².